The Hall–Kier alpha value is -2.42. The lowest BCUT2D eigenvalue weighted by Gasteiger charge is -2.25. The number of hydrogen-bond donors (Lipinski definition) is 1. The van der Waals surface area contributed by atoms with E-state index in [1.165, 1.54) is 29.1 Å². The quantitative estimate of drug-likeness (QED) is 0.634. The van der Waals surface area contributed by atoms with Crippen molar-refractivity contribution in [1.29, 1.82) is 0 Å². The molecule has 0 aliphatic carbocycles. The van der Waals surface area contributed by atoms with Crippen LogP contribution in [-0.2, 0) is 10.0 Å². The van der Waals surface area contributed by atoms with Crippen LogP contribution in [0.5, 0.6) is 5.75 Å². The number of rotatable bonds is 8. The van der Waals surface area contributed by atoms with E-state index in [9.17, 15) is 13.2 Å². The zero-order valence-corrected chi connectivity index (χ0v) is 20.8. The van der Waals surface area contributed by atoms with Crippen LogP contribution >= 0.6 is 0 Å². The van der Waals surface area contributed by atoms with Crippen LogP contribution in [0.3, 0.4) is 0 Å². The van der Waals surface area contributed by atoms with Crippen molar-refractivity contribution in [3.8, 4) is 5.75 Å². The molecule has 1 fully saturated rings. The molecule has 0 bridgehead atoms. The van der Waals surface area contributed by atoms with Crippen molar-refractivity contribution in [2.45, 2.75) is 43.5 Å². The summed E-state index contributed by atoms with van der Waals surface area (Å²) in [7, 11) is 1.74. The van der Waals surface area contributed by atoms with Gasteiger partial charge in [0.2, 0.25) is 10.0 Å². The normalized spacial score (nSPS) is 16.3. The topological polar surface area (TPSA) is 79.0 Å². The molecule has 180 valence electrons. The molecule has 8 heteroatoms. The molecule has 1 aliphatic rings. The molecule has 33 heavy (non-hydrogen) atoms. The summed E-state index contributed by atoms with van der Waals surface area (Å²) in [5, 5.41) is 2.97. The number of sulfonamides is 1. The minimum Gasteiger partial charge on any atom is -0.496 e. The van der Waals surface area contributed by atoms with Gasteiger partial charge in [0.05, 0.1) is 23.6 Å². The second-order valence-electron chi connectivity index (χ2n) is 8.78. The third-order valence-corrected chi connectivity index (χ3v) is 8.05. The van der Waals surface area contributed by atoms with E-state index in [2.05, 4.69) is 17.4 Å². The predicted octanol–water partition coefficient (Wildman–Crippen LogP) is 3.60. The van der Waals surface area contributed by atoms with Crippen molar-refractivity contribution >= 4 is 15.9 Å². The van der Waals surface area contributed by atoms with E-state index in [1.54, 1.807) is 6.07 Å². The number of amides is 1. The van der Waals surface area contributed by atoms with Gasteiger partial charge in [-0.2, -0.15) is 4.31 Å². The van der Waals surface area contributed by atoms with Crippen molar-refractivity contribution in [3.63, 3.8) is 0 Å². The Balaban J connectivity index is 1.82. The van der Waals surface area contributed by atoms with Crippen molar-refractivity contribution in [2.75, 3.05) is 40.8 Å². The first-order valence-electron chi connectivity index (χ1n) is 11.4. The van der Waals surface area contributed by atoms with Crippen LogP contribution in [0.2, 0.25) is 0 Å². The monoisotopic (exact) mass is 473 g/mol. The van der Waals surface area contributed by atoms with Gasteiger partial charge >= 0.3 is 0 Å². The summed E-state index contributed by atoms with van der Waals surface area (Å²) in [6.45, 7) is 3.43. The summed E-state index contributed by atoms with van der Waals surface area (Å²) >= 11 is 0. The van der Waals surface area contributed by atoms with Crippen LogP contribution in [-0.4, -0.2) is 64.4 Å². The van der Waals surface area contributed by atoms with Crippen LogP contribution in [0, 0.1) is 6.92 Å². The maximum absolute atomic E-state index is 13.2. The highest BCUT2D eigenvalue weighted by Crippen LogP contribution is 2.26. The first kappa shape index (κ1) is 25.2. The van der Waals surface area contributed by atoms with Crippen molar-refractivity contribution in [1.82, 2.24) is 14.5 Å². The summed E-state index contributed by atoms with van der Waals surface area (Å²) in [6.07, 6.45) is 3.79. The summed E-state index contributed by atoms with van der Waals surface area (Å²) in [6, 6.07) is 12.7. The molecule has 3 rings (SSSR count). The number of nitrogens with one attached hydrogen (secondary N) is 1. The van der Waals surface area contributed by atoms with Gasteiger partial charge in [0, 0.05) is 19.6 Å². The Morgan fingerprint density at radius 3 is 2.27 bits per heavy atom. The molecule has 1 saturated heterocycles. The van der Waals surface area contributed by atoms with E-state index >= 15 is 0 Å². The van der Waals surface area contributed by atoms with E-state index in [4.69, 9.17) is 4.74 Å². The Bertz CT molecular complexity index is 1040. The first-order valence-corrected chi connectivity index (χ1v) is 12.9. The molecule has 1 aliphatic heterocycles. The van der Waals surface area contributed by atoms with Crippen LogP contribution < -0.4 is 10.1 Å². The summed E-state index contributed by atoms with van der Waals surface area (Å²) in [5.74, 6) is -0.0159. The number of ether oxygens (including phenoxy) is 1. The van der Waals surface area contributed by atoms with Gasteiger partial charge in [0.15, 0.2) is 0 Å². The van der Waals surface area contributed by atoms with E-state index in [0.29, 0.717) is 25.4 Å². The first-order chi connectivity index (χ1) is 15.7. The van der Waals surface area contributed by atoms with Crippen LogP contribution in [0.25, 0.3) is 0 Å². The molecule has 0 spiro atoms. The Labute approximate surface area is 197 Å². The molecule has 2 aromatic carbocycles. The number of carbonyl (C=O) groups excluding carboxylic acids is 1. The highest BCUT2D eigenvalue weighted by molar-refractivity contribution is 7.89. The third kappa shape index (κ3) is 6.13. The molecular weight excluding hydrogens is 438 g/mol. The third-order valence-electron chi connectivity index (χ3n) is 6.16. The summed E-state index contributed by atoms with van der Waals surface area (Å²) < 4.78 is 33.4. The van der Waals surface area contributed by atoms with Gasteiger partial charge in [-0.3, -0.25) is 4.79 Å². The van der Waals surface area contributed by atoms with Gasteiger partial charge in [-0.25, -0.2) is 8.42 Å². The van der Waals surface area contributed by atoms with Crippen molar-refractivity contribution in [2.24, 2.45) is 0 Å². The summed E-state index contributed by atoms with van der Waals surface area (Å²) in [5.41, 5.74) is 2.48. The maximum atomic E-state index is 13.2. The van der Waals surface area contributed by atoms with Crippen molar-refractivity contribution in [3.05, 3.63) is 59.2 Å². The molecule has 0 radical (unpaired) electrons. The van der Waals surface area contributed by atoms with E-state index in [0.717, 1.165) is 31.2 Å². The zero-order chi connectivity index (χ0) is 24.0. The number of benzene rings is 2. The van der Waals surface area contributed by atoms with Crippen LogP contribution in [0.15, 0.2) is 47.4 Å². The van der Waals surface area contributed by atoms with Crippen LogP contribution in [0.4, 0.5) is 0 Å². The van der Waals surface area contributed by atoms with Gasteiger partial charge in [-0.1, -0.05) is 42.7 Å². The lowest BCUT2D eigenvalue weighted by Crippen LogP contribution is -2.35. The highest BCUT2D eigenvalue weighted by atomic mass is 32.2. The second-order valence-corrected chi connectivity index (χ2v) is 10.7. The number of carbonyl (C=O) groups is 1. The molecular formula is C25H35N3O4S. The van der Waals surface area contributed by atoms with E-state index < -0.39 is 10.0 Å². The number of methoxy groups -OCH3 is 1. The molecule has 1 N–H and O–H groups in total. The molecule has 1 heterocycles. The van der Waals surface area contributed by atoms with Gasteiger partial charge in [0.1, 0.15) is 5.75 Å². The highest BCUT2D eigenvalue weighted by Gasteiger charge is 2.27. The number of nitrogens with zero attached hydrogens (tertiary/aromatic N) is 2. The van der Waals surface area contributed by atoms with Gasteiger partial charge in [0.25, 0.3) is 5.91 Å². The fraction of sp³-hybridized carbons (Fsp3) is 0.480. The average Bonchev–Trinajstić information content (AvgIpc) is 3.10. The van der Waals surface area contributed by atoms with Crippen LogP contribution in [0.1, 0.15) is 53.2 Å². The molecule has 1 unspecified atom stereocenters. The molecule has 0 aromatic heterocycles. The lowest BCUT2D eigenvalue weighted by atomic mass is 10.0. The predicted molar refractivity (Wildman–Crippen MR) is 130 cm³/mol. The van der Waals surface area contributed by atoms with E-state index in [1.807, 2.05) is 38.1 Å². The minimum absolute atomic E-state index is 0.0236. The smallest absolute Gasteiger partial charge is 0.255 e. The van der Waals surface area contributed by atoms with Gasteiger partial charge in [-0.15, -0.1) is 0 Å². The Kier molecular flexibility index (Phi) is 8.51. The largest absolute Gasteiger partial charge is 0.496 e. The molecule has 1 amide bonds. The Morgan fingerprint density at radius 1 is 1.06 bits per heavy atom. The number of hydrogen-bond acceptors (Lipinski definition) is 5. The number of aryl methyl sites for hydroxylation is 1. The molecule has 0 saturated carbocycles. The maximum Gasteiger partial charge on any atom is 0.255 e. The molecule has 7 nitrogen and oxygen atoms in total. The lowest BCUT2D eigenvalue weighted by molar-refractivity contribution is 0.0938. The number of likely N-dealkylation sites (N-methyl/N-ethyl adjacent to an activating group) is 1. The Morgan fingerprint density at radius 2 is 1.70 bits per heavy atom. The van der Waals surface area contributed by atoms with Crippen molar-refractivity contribution < 1.29 is 17.9 Å². The van der Waals surface area contributed by atoms with E-state index in [-0.39, 0.29) is 22.4 Å². The molecule has 2 aromatic rings. The SMILES string of the molecule is COc1ccc(S(=O)(=O)N2CCCCCC2)cc1C(=O)NCC(c1ccc(C)cc1)N(C)C. The molecule has 1 atom stereocenters. The fourth-order valence-electron chi connectivity index (χ4n) is 4.13. The standard InChI is InChI=1S/C25H35N3O4S/c1-19-9-11-20(12-10-19)23(27(2)3)18-26-25(29)22-17-21(13-14-24(22)32-4)33(30,31)28-15-7-5-6-8-16-28/h9-14,17,23H,5-8,15-16,18H2,1-4H3,(H,26,29). The summed E-state index contributed by atoms with van der Waals surface area (Å²) in [4.78, 5) is 15.3. The fourth-order valence-corrected chi connectivity index (χ4v) is 5.67. The van der Waals surface area contributed by atoms with Gasteiger partial charge < -0.3 is 15.0 Å². The minimum atomic E-state index is -3.67. The average molecular weight is 474 g/mol. The van der Waals surface area contributed by atoms with Gasteiger partial charge in [-0.05, 0) is 57.6 Å². The second kappa shape index (κ2) is 11.1. The zero-order valence-electron chi connectivity index (χ0n) is 20.0.